The van der Waals surface area contributed by atoms with E-state index in [1.54, 1.807) is 30.5 Å². The highest BCUT2D eigenvalue weighted by molar-refractivity contribution is 5.96. The van der Waals surface area contributed by atoms with Gasteiger partial charge in [-0.3, -0.25) is 0 Å². The number of esters is 1. The zero-order chi connectivity index (χ0) is 16.2. The lowest BCUT2D eigenvalue weighted by molar-refractivity contribution is 0.0602. The van der Waals surface area contributed by atoms with Crippen molar-refractivity contribution in [3.63, 3.8) is 0 Å². The molecule has 6 heteroatoms. The number of anilines is 3. The van der Waals surface area contributed by atoms with Crippen LogP contribution in [0.15, 0.2) is 36.5 Å². The van der Waals surface area contributed by atoms with Gasteiger partial charge in [-0.2, -0.15) is 4.98 Å². The Morgan fingerprint density at radius 3 is 2.59 bits per heavy atom. The third-order valence-electron chi connectivity index (χ3n) is 2.74. The summed E-state index contributed by atoms with van der Waals surface area (Å²) in [5.41, 5.74) is 0.950. The van der Waals surface area contributed by atoms with E-state index in [9.17, 15) is 4.79 Å². The Kier molecular flexibility index (Phi) is 4.60. The Balaban J connectivity index is 2.25. The topological polar surface area (TPSA) is 76.1 Å². The van der Waals surface area contributed by atoms with Gasteiger partial charge in [0.1, 0.15) is 5.82 Å². The first-order valence-corrected chi connectivity index (χ1v) is 6.94. The average molecular weight is 300 g/mol. The molecule has 116 valence electrons. The monoisotopic (exact) mass is 300 g/mol. The van der Waals surface area contributed by atoms with Crippen LogP contribution < -0.4 is 10.6 Å². The van der Waals surface area contributed by atoms with Gasteiger partial charge in [0.25, 0.3) is 0 Å². The molecule has 6 nitrogen and oxygen atoms in total. The predicted molar refractivity (Wildman–Crippen MR) is 86.5 cm³/mol. The van der Waals surface area contributed by atoms with Crippen LogP contribution in [0.25, 0.3) is 0 Å². The second kappa shape index (κ2) is 6.43. The van der Waals surface area contributed by atoms with Crippen LogP contribution in [0.4, 0.5) is 17.5 Å². The van der Waals surface area contributed by atoms with Gasteiger partial charge in [-0.1, -0.05) is 12.1 Å². The van der Waals surface area contributed by atoms with Crippen molar-refractivity contribution < 1.29 is 9.53 Å². The van der Waals surface area contributed by atoms with Gasteiger partial charge >= 0.3 is 5.97 Å². The molecule has 1 aromatic carbocycles. The molecule has 0 saturated heterocycles. The molecule has 0 aliphatic heterocycles. The molecule has 0 radical (unpaired) electrons. The average Bonchev–Trinajstić information content (AvgIpc) is 2.45. The van der Waals surface area contributed by atoms with E-state index in [0.29, 0.717) is 23.0 Å². The summed E-state index contributed by atoms with van der Waals surface area (Å²) >= 11 is 0. The largest absolute Gasteiger partial charge is 0.465 e. The second-order valence-electron chi connectivity index (χ2n) is 5.80. The van der Waals surface area contributed by atoms with E-state index in [1.807, 2.05) is 26.8 Å². The van der Waals surface area contributed by atoms with Gasteiger partial charge in [-0.25, -0.2) is 9.78 Å². The Morgan fingerprint density at radius 2 is 1.91 bits per heavy atom. The summed E-state index contributed by atoms with van der Waals surface area (Å²) in [5.74, 6) is 0.719. The molecule has 0 spiro atoms. The van der Waals surface area contributed by atoms with Crippen LogP contribution in [0, 0.1) is 0 Å². The number of aromatic nitrogens is 2. The summed E-state index contributed by atoms with van der Waals surface area (Å²) in [6, 6.07) is 8.85. The molecule has 0 fully saturated rings. The first-order valence-electron chi connectivity index (χ1n) is 6.94. The van der Waals surface area contributed by atoms with Gasteiger partial charge in [0.2, 0.25) is 5.95 Å². The number of nitrogens with zero attached hydrogens (tertiary/aromatic N) is 2. The standard InChI is InChI=1S/C16H20N4O2/c1-16(2,3)20-15-17-10-9-13(19-15)18-12-8-6-5-7-11(12)14(21)22-4/h5-10H,1-4H3,(H2,17,18,19,20). The molecule has 2 rings (SSSR count). The molecule has 22 heavy (non-hydrogen) atoms. The zero-order valence-electron chi connectivity index (χ0n) is 13.2. The Hall–Kier alpha value is -2.63. The minimum Gasteiger partial charge on any atom is -0.465 e. The molecule has 0 atom stereocenters. The summed E-state index contributed by atoms with van der Waals surface area (Å²) in [4.78, 5) is 20.4. The summed E-state index contributed by atoms with van der Waals surface area (Å²) in [6.07, 6.45) is 1.66. The van der Waals surface area contributed by atoms with Gasteiger partial charge in [-0.15, -0.1) is 0 Å². The van der Waals surface area contributed by atoms with Gasteiger partial charge in [0.15, 0.2) is 0 Å². The zero-order valence-corrected chi connectivity index (χ0v) is 13.2. The fraction of sp³-hybridized carbons (Fsp3) is 0.312. The molecule has 1 heterocycles. The number of benzene rings is 1. The summed E-state index contributed by atoms with van der Waals surface area (Å²) in [6.45, 7) is 6.09. The highest BCUT2D eigenvalue weighted by Crippen LogP contribution is 2.21. The molecule has 2 N–H and O–H groups in total. The summed E-state index contributed by atoms with van der Waals surface area (Å²) < 4.78 is 4.78. The number of para-hydroxylation sites is 1. The van der Waals surface area contributed by atoms with E-state index in [0.717, 1.165) is 0 Å². The molecular formula is C16H20N4O2. The van der Waals surface area contributed by atoms with E-state index in [2.05, 4.69) is 20.6 Å². The second-order valence-corrected chi connectivity index (χ2v) is 5.80. The third-order valence-corrected chi connectivity index (χ3v) is 2.74. The number of methoxy groups -OCH3 is 1. The van der Waals surface area contributed by atoms with Crippen molar-refractivity contribution in [3.8, 4) is 0 Å². The lowest BCUT2D eigenvalue weighted by Crippen LogP contribution is -2.27. The molecule has 2 aromatic rings. The Bertz CT molecular complexity index is 665. The van der Waals surface area contributed by atoms with Crippen LogP contribution in [-0.2, 0) is 4.74 Å². The minimum atomic E-state index is -0.398. The number of rotatable bonds is 4. The number of carbonyl (C=O) groups is 1. The Morgan fingerprint density at radius 1 is 1.18 bits per heavy atom. The SMILES string of the molecule is COC(=O)c1ccccc1Nc1ccnc(NC(C)(C)C)n1. The Labute approximate surface area is 129 Å². The quantitative estimate of drug-likeness (QED) is 0.844. The van der Waals surface area contributed by atoms with Crippen LogP contribution in [0.3, 0.4) is 0 Å². The first-order chi connectivity index (χ1) is 10.4. The van der Waals surface area contributed by atoms with E-state index >= 15 is 0 Å². The molecule has 0 amide bonds. The molecule has 0 unspecified atom stereocenters. The van der Waals surface area contributed by atoms with E-state index in [-0.39, 0.29) is 5.54 Å². The van der Waals surface area contributed by atoms with Crippen molar-refractivity contribution in [1.82, 2.24) is 9.97 Å². The van der Waals surface area contributed by atoms with Crippen molar-refractivity contribution in [2.45, 2.75) is 26.3 Å². The maximum absolute atomic E-state index is 11.8. The highest BCUT2D eigenvalue weighted by atomic mass is 16.5. The van der Waals surface area contributed by atoms with E-state index in [1.165, 1.54) is 7.11 Å². The van der Waals surface area contributed by atoms with Crippen molar-refractivity contribution in [3.05, 3.63) is 42.1 Å². The van der Waals surface area contributed by atoms with Crippen molar-refractivity contribution in [2.24, 2.45) is 0 Å². The summed E-state index contributed by atoms with van der Waals surface area (Å²) in [7, 11) is 1.36. The molecule has 0 aliphatic rings. The number of hydrogen-bond acceptors (Lipinski definition) is 6. The lowest BCUT2D eigenvalue weighted by atomic mass is 10.1. The first kappa shape index (κ1) is 15.8. The van der Waals surface area contributed by atoms with Gasteiger partial charge in [0.05, 0.1) is 18.4 Å². The van der Waals surface area contributed by atoms with Gasteiger partial charge in [0, 0.05) is 11.7 Å². The predicted octanol–water partition coefficient (Wildman–Crippen LogP) is 3.22. The van der Waals surface area contributed by atoms with Crippen molar-refractivity contribution in [2.75, 3.05) is 17.7 Å². The minimum absolute atomic E-state index is 0.136. The number of carbonyl (C=O) groups excluding carboxylic acids is 1. The van der Waals surface area contributed by atoms with Crippen molar-refractivity contribution >= 4 is 23.4 Å². The van der Waals surface area contributed by atoms with Crippen LogP contribution in [0.2, 0.25) is 0 Å². The van der Waals surface area contributed by atoms with Crippen LogP contribution in [-0.4, -0.2) is 28.6 Å². The van der Waals surface area contributed by atoms with Crippen LogP contribution in [0.5, 0.6) is 0 Å². The molecular weight excluding hydrogens is 280 g/mol. The van der Waals surface area contributed by atoms with Crippen molar-refractivity contribution in [1.29, 1.82) is 0 Å². The fourth-order valence-corrected chi connectivity index (χ4v) is 1.84. The smallest absolute Gasteiger partial charge is 0.339 e. The normalized spacial score (nSPS) is 10.9. The van der Waals surface area contributed by atoms with Crippen LogP contribution >= 0.6 is 0 Å². The van der Waals surface area contributed by atoms with Gasteiger partial charge in [-0.05, 0) is 39.0 Å². The molecule has 0 aliphatic carbocycles. The maximum Gasteiger partial charge on any atom is 0.339 e. The van der Waals surface area contributed by atoms with E-state index < -0.39 is 5.97 Å². The van der Waals surface area contributed by atoms with Gasteiger partial charge < -0.3 is 15.4 Å². The maximum atomic E-state index is 11.8. The molecule has 0 bridgehead atoms. The summed E-state index contributed by atoms with van der Waals surface area (Å²) in [5, 5.41) is 6.32. The lowest BCUT2D eigenvalue weighted by Gasteiger charge is -2.20. The molecule has 0 saturated carbocycles. The number of hydrogen-bond donors (Lipinski definition) is 2. The third kappa shape index (κ3) is 4.18. The highest BCUT2D eigenvalue weighted by Gasteiger charge is 2.13. The van der Waals surface area contributed by atoms with E-state index in [4.69, 9.17) is 4.74 Å². The number of nitrogens with one attached hydrogen (secondary N) is 2. The number of ether oxygens (including phenoxy) is 1. The fourth-order valence-electron chi connectivity index (χ4n) is 1.84. The van der Waals surface area contributed by atoms with Crippen LogP contribution in [0.1, 0.15) is 31.1 Å². The molecule has 1 aromatic heterocycles.